The minimum Gasteiger partial charge on any atom is -0.340 e. The Balaban J connectivity index is 1.51. The Labute approximate surface area is 132 Å². The van der Waals surface area contributed by atoms with Gasteiger partial charge in [0.15, 0.2) is 0 Å². The smallest absolute Gasteiger partial charge is 0.226 e. The number of amides is 1. The van der Waals surface area contributed by atoms with Gasteiger partial charge in [0, 0.05) is 38.6 Å². The molecular weight excluding hydrogens is 279 g/mol. The van der Waals surface area contributed by atoms with Crippen molar-refractivity contribution in [1.82, 2.24) is 9.80 Å². The highest BCUT2D eigenvalue weighted by Crippen LogP contribution is 2.48. The molecule has 1 aromatic rings. The van der Waals surface area contributed by atoms with Crippen molar-refractivity contribution in [3.05, 3.63) is 35.6 Å². The summed E-state index contributed by atoms with van der Waals surface area (Å²) in [5.41, 5.74) is 1.10. The molecule has 3 nitrogen and oxygen atoms in total. The van der Waals surface area contributed by atoms with E-state index in [2.05, 4.69) is 18.7 Å². The van der Waals surface area contributed by atoms with Gasteiger partial charge in [-0.2, -0.15) is 0 Å². The summed E-state index contributed by atoms with van der Waals surface area (Å²) in [6, 6.07) is 6.60. The van der Waals surface area contributed by atoms with Crippen molar-refractivity contribution in [1.29, 1.82) is 0 Å². The van der Waals surface area contributed by atoms with Crippen LogP contribution in [0, 0.1) is 17.7 Å². The van der Waals surface area contributed by atoms with E-state index in [0.29, 0.717) is 17.7 Å². The van der Waals surface area contributed by atoms with Crippen LogP contribution in [0.5, 0.6) is 0 Å². The van der Waals surface area contributed by atoms with Gasteiger partial charge in [-0.15, -0.1) is 0 Å². The van der Waals surface area contributed by atoms with Gasteiger partial charge in [-0.1, -0.05) is 26.0 Å². The first-order valence-corrected chi connectivity index (χ1v) is 8.31. The standard InChI is InChI=1S/C18H25FN2O/c1-13(2)12-20-7-9-21(10-8-20)18(22)17-11-16(17)14-3-5-15(19)6-4-14/h3-6,13,16-17H,7-12H2,1-2H3. The normalized spacial score (nSPS) is 25.5. The maximum Gasteiger partial charge on any atom is 0.226 e. The molecule has 0 radical (unpaired) electrons. The molecule has 1 aliphatic carbocycles. The Hall–Kier alpha value is -1.42. The first-order valence-electron chi connectivity index (χ1n) is 8.31. The highest BCUT2D eigenvalue weighted by molar-refractivity contribution is 5.83. The quantitative estimate of drug-likeness (QED) is 0.854. The fourth-order valence-corrected chi connectivity index (χ4v) is 3.45. The SMILES string of the molecule is CC(C)CN1CCN(C(=O)C2CC2c2ccc(F)cc2)CC1. The van der Waals surface area contributed by atoms with Crippen LogP contribution >= 0.6 is 0 Å². The molecule has 22 heavy (non-hydrogen) atoms. The lowest BCUT2D eigenvalue weighted by Gasteiger charge is -2.35. The topological polar surface area (TPSA) is 23.6 Å². The lowest BCUT2D eigenvalue weighted by molar-refractivity contribution is -0.134. The lowest BCUT2D eigenvalue weighted by Crippen LogP contribution is -2.50. The zero-order valence-corrected chi connectivity index (χ0v) is 13.5. The maximum atomic E-state index is 13.0. The summed E-state index contributed by atoms with van der Waals surface area (Å²) < 4.78 is 13.0. The van der Waals surface area contributed by atoms with Gasteiger partial charge in [-0.05, 0) is 36.0 Å². The van der Waals surface area contributed by atoms with E-state index in [1.807, 2.05) is 17.0 Å². The summed E-state index contributed by atoms with van der Waals surface area (Å²) in [5.74, 6) is 1.16. The number of halogens is 1. The van der Waals surface area contributed by atoms with Crippen molar-refractivity contribution >= 4 is 5.91 Å². The van der Waals surface area contributed by atoms with Crippen molar-refractivity contribution in [2.45, 2.75) is 26.2 Å². The molecule has 1 saturated heterocycles. The summed E-state index contributed by atoms with van der Waals surface area (Å²) in [6.45, 7) is 9.24. The Kier molecular flexibility index (Phi) is 4.48. The summed E-state index contributed by atoms with van der Waals surface area (Å²) in [6.07, 6.45) is 0.913. The Morgan fingerprint density at radius 2 is 1.82 bits per heavy atom. The van der Waals surface area contributed by atoms with Crippen LogP contribution in [0.2, 0.25) is 0 Å². The second kappa shape index (κ2) is 6.37. The molecule has 2 fully saturated rings. The molecule has 1 aromatic carbocycles. The van der Waals surface area contributed by atoms with Crippen LogP contribution in [0.1, 0.15) is 31.7 Å². The molecule has 1 heterocycles. The average Bonchev–Trinajstić information content (AvgIpc) is 3.28. The third kappa shape index (κ3) is 3.49. The highest BCUT2D eigenvalue weighted by atomic mass is 19.1. The highest BCUT2D eigenvalue weighted by Gasteiger charge is 2.46. The van der Waals surface area contributed by atoms with Crippen molar-refractivity contribution in [2.24, 2.45) is 11.8 Å². The van der Waals surface area contributed by atoms with Crippen LogP contribution in [0.15, 0.2) is 24.3 Å². The summed E-state index contributed by atoms with van der Waals surface area (Å²) >= 11 is 0. The Morgan fingerprint density at radius 3 is 2.41 bits per heavy atom. The molecule has 2 atom stereocenters. The number of nitrogens with zero attached hydrogens (tertiary/aromatic N) is 2. The second-order valence-electron chi connectivity index (χ2n) is 7.02. The molecule has 2 aliphatic rings. The number of piperazine rings is 1. The monoisotopic (exact) mass is 304 g/mol. The zero-order valence-electron chi connectivity index (χ0n) is 13.5. The predicted molar refractivity (Wildman–Crippen MR) is 85.1 cm³/mol. The van der Waals surface area contributed by atoms with Crippen LogP contribution in [0.25, 0.3) is 0 Å². The van der Waals surface area contributed by atoms with Crippen molar-refractivity contribution in [3.8, 4) is 0 Å². The predicted octanol–water partition coefficient (Wildman–Crippen LogP) is 2.73. The van der Waals surface area contributed by atoms with Crippen LogP contribution in [-0.4, -0.2) is 48.4 Å². The molecule has 0 spiro atoms. The van der Waals surface area contributed by atoms with E-state index in [-0.39, 0.29) is 11.7 Å². The van der Waals surface area contributed by atoms with Gasteiger partial charge in [0.1, 0.15) is 5.82 Å². The molecule has 0 N–H and O–H groups in total. The lowest BCUT2D eigenvalue weighted by atomic mass is 10.1. The number of benzene rings is 1. The van der Waals surface area contributed by atoms with Crippen LogP contribution in [0.3, 0.4) is 0 Å². The minimum absolute atomic E-state index is 0.113. The molecule has 1 amide bonds. The van der Waals surface area contributed by atoms with Crippen LogP contribution in [-0.2, 0) is 4.79 Å². The molecular formula is C18H25FN2O. The van der Waals surface area contributed by atoms with Gasteiger partial charge < -0.3 is 4.90 Å². The Bertz CT molecular complexity index is 520. The average molecular weight is 304 g/mol. The van der Waals surface area contributed by atoms with Crippen LogP contribution < -0.4 is 0 Å². The molecule has 3 rings (SSSR count). The summed E-state index contributed by atoms with van der Waals surface area (Å²) in [7, 11) is 0. The number of hydrogen-bond donors (Lipinski definition) is 0. The number of rotatable bonds is 4. The molecule has 0 aromatic heterocycles. The fraction of sp³-hybridized carbons (Fsp3) is 0.611. The molecule has 0 bridgehead atoms. The van der Waals surface area contributed by atoms with E-state index in [9.17, 15) is 9.18 Å². The largest absolute Gasteiger partial charge is 0.340 e. The van der Waals surface area contributed by atoms with E-state index in [4.69, 9.17) is 0 Å². The molecule has 120 valence electrons. The first kappa shape index (κ1) is 15.5. The van der Waals surface area contributed by atoms with Gasteiger partial charge >= 0.3 is 0 Å². The van der Waals surface area contributed by atoms with Gasteiger partial charge in [0.2, 0.25) is 5.91 Å². The summed E-state index contributed by atoms with van der Waals surface area (Å²) in [5, 5.41) is 0. The first-order chi connectivity index (χ1) is 10.5. The minimum atomic E-state index is -0.214. The number of hydrogen-bond acceptors (Lipinski definition) is 2. The molecule has 4 heteroatoms. The second-order valence-corrected chi connectivity index (χ2v) is 7.02. The van der Waals surface area contributed by atoms with E-state index in [1.54, 1.807) is 0 Å². The van der Waals surface area contributed by atoms with Gasteiger partial charge in [-0.3, -0.25) is 9.69 Å². The number of carbonyl (C=O) groups is 1. The maximum absolute atomic E-state index is 13.0. The van der Waals surface area contributed by atoms with Crippen molar-refractivity contribution < 1.29 is 9.18 Å². The van der Waals surface area contributed by atoms with Gasteiger partial charge in [0.25, 0.3) is 0 Å². The Morgan fingerprint density at radius 1 is 1.18 bits per heavy atom. The van der Waals surface area contributed by atoms with Gasteiger partial charge in [0.05, 0.1) is 0 Å². The number of carbonyl (C=O) groups excluding carboxylic acids is 1. The molecule has 1 aliphatic heterocycles. The van der Waals surface area contributed by atoms with E-state index >= 15 is 0 Å². The third-order valence-corrected chi connectivity index (χ3v) is 4.71. The van der Waals surface area contributed by atoms with Crippen molar-refractivity contribution in [3.63, 3.8) is 0 Å². The molecule has 1 saturated carbocycles. The molecule has 2 unspecified atom stereocenters. The zero-order chi connectivity index (χ0) is 15.7. The summed E-state index contributed by atoms with van der Waals surface area (Å²) in [4.78, 5) is 17.0. The van der Waals surface area contributed by atoms with E-state index in [0.717, 1.165) is 44.7 Å². The third-order valence-electron chi connectivity index (χ3n) is 4.71. The van der Waals surface area contributed by atoms with E-state index < -0.39 is 0 Å². The van der Waals surface area contributed by atoms with Gasteiger partial charge in [-0.25, -0.2) is 4.39 Å². The van der Waals surface area contributed by atoms with E-state index in [1.165, 1.54) is 12.1 Å². The van der Waals surface area contributed by atoms with Crippen molar-refractivity contribution in [2.75, 3.05) is 32.7 Å². The fourth-order valence-electron chi connectivity index (χ4n) is 3.45. The van der Waals surface area contributed by atoms with Crippen LogP contribution in [0.4, 0.5) is 4.39 Å².